The number of aliphatic hydroxyl groups is 1. The van der Waals surface area contributed by atoms with Crippen molar-refractivity contribution in [2.75, 3.05) is 27.4 Å². The van der Waals surface area contributed by atoms with Crippen molar-refractivity contribution in [3.05, 3.63) is 59.7 Å². The molecule has 1 N–H and O–H groups in total. The van der Waals surface area contributed by atoms with Crippen LogP contribution in [0.25, 0.3) is 0 Å². The van der Waals surface area contributed by atoms with Gasteiger partial charge in [0.1, 0.15) is 18.1 Å². The lowest BCUT2D eigenvalue weighted by molar-refractivity contribution is 0.0856. The Hall–Kier alpha value is -2.73. The van der Waals surface area contributed by atoms with Crippen LogP contribution in [0.4, 0.5) is 4.79 Å². The van der Waals surface area contributed by atoms with Gasteiger partial charge in [0, 0.05) is 18.2 Å². The van der Waals surface area contributed by atoms with Crippen molar-refractivity contribution in [3.63, 3.8) is 0 Å². The summed E-state index contributed by atoms with van der Waals surface area (Å²) in [6, 6.07) is 14.8. The highest BCUT2D eigenvalue weighted by Gasteiger charge is 2.17. The van der Waals surface area contributed by atoms with Gasteiger partial charge in [0.15, 0.2) is 0 Å². The van der Waals surface area contributed by atoms with Gasteiger partial charge in [-0.15, -0.1) is 0 Å². The Bertz CT molecular complexity index is 675. The molecular weight excluding hydrogens is 322 g/mol. The Kier molecular flexibility index (Phi) is 7.10. The molecule has 0 fully saturated rings. The van der Waals surface area contributed by atoms with Gasteiger partial charge in [-0.2, -0.15) is 0 Å². The molecule has 2 aromatic carbocycles. The third-order valence-corrected chi connectivity index (χ3v) is 3.69. The fourth-order valence-corrected chi connectivity index (χ4v) is 2.35. The number of benzene rings is 2. The summed E-state index contributed by atoms with van der Waals surface area (Å²) in [5, 5.41) is 9.26. The minimum Gasteiger partial charge on any atom is -0.497 e. The van der Waals surface area contributed by atoms with E-state index in [4.69, 9.17) is 14.2 Å². The molecule has 2 aromatic rings. The summed E-state index contributed by atoms with van der Waals surface area (Å²) in [5.74, 6) is 1.28. The highest BCUT2D eigenvalue weighted by atomic mass is 16.6. The summed E-state index contributed by atoms with van der Waals surface area (Å²) in [5.41, 5.74) is 1.70. The van der Waals surface area contributed by atoms with Gasteiger partial charge in [0.2, 0.25) is 0 Å². The number of hydrogen-bond donors (Lipinski definition) is 1. The zero-order valence-corrected chi connectivity index (χ0v) is 14.5. The monoisotopic (exact) mass is 345 g/mol. The summed E-state index contributed by atoms with van der Waals surface area (Å²) in [4.78, 5) is 13.8. The lowest BCUT2D eigenvalue weighted by atomic mass is 10.1. The number of hydrogen-bond acceptors (Lipinski definition) is 5. The Labute approximate surface area is 147 Å². The van der Waals surface area contributed by atoms with E-state index in [0.29, 0.717) is 11.5 Å². The molecule has 0 aliphatic carbocycles. The SMILES string of the molecule is COc1ccc(CN(CCO)C(=O)OCc2ccccc2)c(OC)c1. The molecule has 0 atom stereocenters. The van der Waals surface area contributed by atoms with Crippen molar-refractivity contribution >= 4 is 6.09 Å². The molecule has 0 bridgehead atoms. The highest BCUT2D eigenvalue weighted by Crippen LogP contribution is 2.26. The van der Waals surface area contributed by atoms with Crippen molar-refractivity contribution in [1.82, 2.24) is 4.90 Å². The number of carbonyl (C=O) groups excluding carboxylic acids is 1. The molecule has 0 heterocycles. The first-order chi connectivity index (χ1) is 12.2. The average molecular weight is 345 g/mol. The number of nitrogens with zero attached hydrogens (tertiary/aromatic N) is 1. The van der Waals surface area contributed by atoms with Crippen LogP contribution in [0.1, 0.15) is 11.1 Å². The number of amides is 1. The first-order valence-electron chi connectivity index (χ1n) is 7.95. The van der Waals surface area contributed by atoms with E-state index in [-0.39, 0.29) is 26.3 Å². The number of carbonyl (C=O) groups is 1. The molecule has 1 amide bonds. The van der Waals surface area contributed by atoms with Crippen LogP contribution < -0.4 is 9.47 Å². The Morgan fingerprint density at radius 1 is 1.08 bits per heavy atom. The van der Waals surface area contributed by atoms with E-state index < -0.39 is 6.09 Å². The summed E-state index contributed by atoms with van der Waals surface area (Å²) >= 11 is 0. The van der Waals surface area contributed by atoms with Crippen molar-refractivity contribution in [2.24, 2.45) is 0 Å². The fourth-order valence-electron chi connectivity index (χ4n) is 2.35. The van der Waals surface area contributed by atoms with Crippen LogP contribution >= 0.6 is 0 Å². The van der Waals surface area contributed by atoms with Gasteiger partial charge >= 0.3 is 6.09 Å². The van der Waals surface area contributed by atoms with Crippen molar-refractivity contribution in [1.29, 1.82) is 0 Å². The Balaban J connectivity index is 2.05. The Morgan fingerprint density at radius 3 is 2.48 bits per heavy atom. The van der Waals surface area contributed by atoms with E-state index in [1.54, 1.807) is 26.4 Å². The third-order valence-electron chi connectivity index (χ3n) is 3.69. The smallest absolute Gasteiger partial charge is 0.410 e. The summed E-state index contributed by atoms with van der Waals surface area (Å²) in [6.45, 7) is 0.463. The lowest BCUT2D eigenvalue weighted by Crippen LogP contribution is -2.33. The molecule has 2 rings (SSSR count). The minimum absolute atomic E-state index is 0.154. The molecule has 0 aliphatic heterocycles. The van der Waals surface area contributed by atoms with E-state index >= 15 is 0 Å². The van der Waals surface area contributed by atoms with Crippen molar-refractivity contribution < 1.29 is 24.1 Å². The predicted molar refractivity (Wildman–Crippen MR) is 93.7 cm³/mol. The van der Waals surface area contributed by atoms with Gasteiger partial charge in [-0.1, -0.05) is 30.3 Å². The summed E-state index contributed by atoms with van der Waals surface area (Å²) in [6.07, 6.45) is -0.490. The van der Waals surface area contributed by atoms with E-state index in [9.17, 15) is 9.90 Å². The van der Waals surface area contributed by atoms with Gasteiger partial charge in [0.25, 0.3) is 0 Å². The number of methoxy groups -OCH3 is 2. The molecule has 0 unspecified atom stereocenters. The molecule has 0 saturated heterocycles. The quantitative estimate of drug-likeness (QED) is 0.797. The first kappa shape index (κ1) is 18.6. The topological polar surface area (TPSA) is 68.2 Å². The van der Waals surface area contributed by atoms with E-state index in [1.165, 1.54) is 4.90 Å². The maximum atomic E-state index is 12.4. The lowest BCUT2D eigenvalue weighted by Gasteiger charge is -2.22. The first-order valence-corrected chi connectivity index (χ1v) is 7.95. The highest BCUT2D eigenvalue weighted by molar-refractivity contribution is 5.68. The van der Waals surface area contributed by atoms with Crippen molar-refractivity contribution in [2.45, 2.75) is 13.2 Å². The molecule has 0 radical (unpaired) electrons. The minimum atomic E-state index is -0.490. The maximum Gasteiger partial charge on any atom is 0.410 e. The zero-order valence-electron chi connectivity index (χ0n) is 14.5. The van der Waals surface area contributed by atoms with Crippen LogP contribution in [0.5, 0.6) is 11.5 Å². The number of aliphatic hydroxyl groups excluding tert-OH is 1. The largest absolute Gasteiger partial charge is 0.497 e. The second-order valence-corrected chi connectivity index (χ2v) is 5.36. The van der Waals surface area contributed by atoms with Crippen LogP contribution in [-0.2, 0) is 17.9 Å². The molecule has 6 nitrogen and oxygen atoms in total. The normalized spacial score (nSPS) is 10.2. The van der Waals surface area contributed by atoms with Crippen LogP contribution in [-0.4, -0.2) is 43.5 Å². The Morgan fingerprint density at radius 2 is 1.84 bits per heavy atom. The zero-order chi connectivity index (χ0) is 18.1. The van der Waals surface area contributed by atoms with Gasteiger partial charge in [-0.3, -0.25) is 0 Å². The molecular formula is C19H23NO5. The molecule has 6 heteroatoms. The van der Waals surface area contributed by atoms with Gasteiger partial charge in [0.05, 0.1) is 27.4 Å². The van der Waals surface area contributed by atoms with Gasteiger partial charge < -0.3 is 24.2 Å². The second kappa shape index (κ2) is 9.54. The summed E-state index contributed by atoms with van der Waals surface area (Å²) in [7, 11) is 3.13. The second-order valence-electron chi connectivity index (χ2n) is 5.36. The average Bonchev–Trinajstić information content (AvgIpc) is 2.66. The molecule has 0 aliphatic rings. The maximum absolute atomic E-state index is 12.4. The predicted octanol–water partition coefficient (Wildman–Crippen LogP) is 2.83. The van der Waals surface area contributed by atoms with E-state index in [1.807, 2.05) is 36.4 Å². The van der Waals surface area contributed by atoms with Crippen LogP contribution in [0.15, 0.2) is 48.5 Å². The molecule has 134 valence electrons. The molecule has 25 heavy (non-hydrogen) atoms. The van der Waals surface area contributed by atoms with Gasteiger partial charge in [-0.05, 0) is 17.7 Å². The van der Waals surface area contributed by atoms with Crippen molar-refractivity contribution in [3.8, 4) is 11.5 Å². The molecule has 0 spiro atoms. The molecule has 0 saturated carbocycles. The number of ether oxygens (including phenoxy) is 3. The third kappa shape index (κ3) is 5.39. The van der Waals surface area contributed by atoms with Gasteiger partial charge in [-0.25, -0.2) is 4.79 Å². The van der Waals surface area contributed by atoms with E-state index in [0.717, 1.165) is 11.1 Å². The van der Waals surface area contributed by atoms with Crippen LogP contribution in [0.3, 0.4) is 0 Å². The van der Waals surface area contributed by atoms with Crippen LogP contribution in [0.2, 0.25) is 0 Å². The number of rotatable bonds is 8. The molecule has 0 aromatic heterocycles. The standard InChI is InChI=1S/C19H23NO5/c1-23-17-9-8-16(18(12-17)24-2)13-20(10-11-21)19(22)25-14-15-6-4-3-5-7-15/h3-9,12,21H,10-11,13-14H2,1-2H3. The fraction of sp³-hybridized carbons (Fsp3) is 0.316. The van der Waals surface area contributed by atoms with E-state index in [2.05, 4.69) is 0 Å². The summed E-state index contributed by atoms with van der Waals surface area (Å²) < 4.78 is 15.9. The van der Waals surface area contributed by atoms with Crippen LogP contribution in [0, 0.1) is 0 Å².